The van der Waals surface area contributed by atoms with Crippen LogP contribution >= 0.6 is 0 Å². The van der Waals surface area contributed by atoms with Gasteiger partial charge in [-0.15, -0.1) is 0 Å². The van der Waals surface area contributed by atoms with Gasteiger partial charge in [-0.05, 0) is 61.4 Å². The van der Waals surface area contributed by atoms with Gasteiger partial charge in [0, 0.05) is 24.7 Å². The standard InChI is InChI=1S/C23H26N2O7S/c1-16(26)31-15-23(27)24-17-3-7-20(8-4-17)32-21-9-5-18(6-10-21)25-33(28,29)22-13-11-19(30-2)12-14-22/h3,5-6,9-14,20,25H,4,7-8,15H2,1-2H3,(H,24,27). The van der Waals surface area contributed by atoms with Crippen molar-refractivity contribution in [2.24, 2.45) is 0 Å². The highest BCUT2D eigenvalue weighted by Gasteiger charge is 2.18. The molecule has 1 aliphatic carbocycles. The van der Waals surface area contributed by atoms with Crippen molar-refractivity contribution >= 4 is 27.6 Å². The van der Waals surface area contributed by atoms with E-state index in [9.17, 15) is 18.0 Å². The number of allylic oxidation sites excluding steroid dienone is 1. The Morgan fingerprint density at radius 3 is 2.27 bits per heavy atom. The van der Waals surface area contributed by atoms with E-state index in [0.717, 1.165) is 5.70 Å². The minimum absolute atomic E-state index is 0.0686. The van der Waals surface area contributed by atoms with Crippen LogP contribution in [-0.4, -0.2) is 40.1 Å². The molecule has 0 saturated heterocycles. The molecule has 2 aromatic carbocycles. The zero-order valence-corrected chi connectivity index (χ0v) is 19.2. The molecule has 33 heavy (non-hydrogen) atoms. The van der Waals surface area contributed by atoms with Gasteiger partial charge in [-0.3, -0.25) is 14.3 Å². The maximum absolute atomic E-state index is 12.5. The number of carbonyl (C=O) groups is 2. The molecule has 1 aliphatic rings. The predicted octanol–water partition coefficient (Wildman–Crippen LogP) is 2.99. The van der Waals surface area contributed by atoms with Crippen molar-refractivity contribution in [3.8, 4) is 11.5 Å². The van der Waals surface area contributed by atoms with E-state index < -0.39 is 16.0 Å². The SMILES string of the molecule is COc1ccc(S(=O)(=O)Nc2ccc(OC3CC=C(NC(=O)COC(C)=O)CC3)cc2)cc1. The molecule has 2 N–H and O–H groups in total. The molecule has 9 nitrogen and oxygen atoms in total. The average Bonchev–Trinajstić information content (AvgIpc) is 2.80. The van der Waals surface area contributed by atoms with E-state index >= 15 is 0 Å². The van der Waals surface area contributed by atoms with Gasteiger partial charge in [0.05, 0.1) is 12.0 Å². The molecule has 176 valence electrons. The number of anilines is 1. The minimum atomic E-state index is -3.72. The lowest BCUT2D eigenvalue weighted by Crippen LogP contribution is -2.30. The Balaban J connectivity index is 1.51. The van der Waals surface area contributed by atoms with Gasteiger partial charge in [-0.2, -0.15) is 0 Å². The zero-order valence-electron chi connectivity index (χ0n) is 18.4. The third-order valence-electron chi connectivity index (χ3n) is 4.85. The smallest absolute Gasteiger partial charge is 0.303 e. The van der Waals surface area contributed by atoms with Crippen molar-refractivity contribution in [3.05, 3.63) is 60.3 Å². The summed E-state index contributed by atoms with van der Waals surface area (Å²) >= 11 is 0. The van der Waals surface area contributed by atoms with E-state index in [-0.39, 0.29) is 23.5 Å². The van der Waals surface area contributed by atoms with Crippen LogP contribution in [0.1, 0.15) is 26.2 Å². The first-order valence-corrected chi connectivity index (χ1v) is 11.8. The van der Waals surface area contributed by atoms with Crippen LogP contribution in [0.5, 0.6) is 11.5 Å². The summed E-state index contributed by atoms with van der Waals surface area (Å²) in [7, 11) is -2.21. The van der Waals surface area contributed by atoms with E-state index in [1.54, 1.807) is 36.4 Å². The number of methoxy groups -OCH3 is 1. The van der Waals surface area contributed by atoms with Crippen molar-refractivity contribution in [2.45, 2.75) is 37.2 Å². The number of hydrogen-bond donors (Lipinski definition) is 2. The molecule has 1 atom stereocenters. The third kappa shape index (κ3) is 7.25. The summed E-state index contributed by atoms with van der Waals surface area (Å²) in [6.07, 6.45) is 3.74. The van der Waals surface area contributed by atoms with Crippen LogP contribution in [0.15, 0.2) is 65.2 Å². The van der Waals surface area contributed by atoms with E-state index in [4.69, 9.17) is 9.47 Å². The van der Waals surface area contributed by atoms with E-state index in [1.807, 2.05) is 6.08 Å². The number of benzene rings is 2. The minimum Gasteiger partial charge on any atom is -0.497 e. The monoisotopic (exact) mass is 474 g/mol. The van der Waals surface area contributed by atoms with Crippen LogP contribution in [0.3, 0.4) is 0 Å². The first-order valence-electron chi connectivity index (χ1n) is 10.3. The van der Waals surface area contributed by atoms with Gasteiger partial charge in [0.1, 0.15) is 17.6 Å². The highest BCUT2D eigenvalue weighted by atomic mass is 32.2. The molecule has 0 saturated carbocycles. The average molecular weight is 475 g/mol. The Kier molecular flexibility index (Phi) is 7.94. The predicted molar refractivity (Wildman–Crippen MR) is 121 cm³/mol. The fourth-order valence-corrected chi connectivity index (χ4v) is 4.23. The summed E-state index contributed by atoms with van der Waals surface area (Å²) in [6.45, 7) is 0.943. The summed E-state index contributed by atoms with van der Waals surface area (Å²) in [5.74, 6) is 0.312. The largest absolute Gasteiger partial charge is 0.497 e. The second-order valence-corrected chi connectivity index (χ2v) is 9.06. The zero-order chi connectivity index (χ0) is 23.8. The number of ether oxygens (including phenoxy) is 3. The second-order valence-electron chi connectivity index (χ2n) is 7.38. The van der Waals surface area contributed by atoms with Gasteiger partial charge in [0.2, 0.25) is 0 Å². The van der Waals surface area contributed by atoms with Crippen molar-refractivity contribution in [1.29, 1.82) is 0 Å². The Labute approximate surface area is 192 Å². The number of carbonyl (C=O) groups excluding carboxylic acids is 2. The molecule has 0 bridgehead atoms. The van der Waals surface area contributed by atoms with Gasteiger partial charge >= 0.3 is 5.97 Å². The van der Waals surface area contributed by atoms with Gasteiger partial charge in [0.25, 0.3) is 15.9 Å². The van der Waals surface area contributed by atoms with Gasteiger partial charge < -0.3 is 19.5 Å². The fraction of sp³-hybridized carbons (Fsp3) is 0.304. The molecule has 0 aliphatic heterocycles. The van der Waals surface area contributed by atoms with Crippen molar-refractivity contribution in [3.63, 3.8) is 0 Å². The number of hydrogen-bond acceptors (Lipinski definition) is 7. The Morgan fingerprint density at radius 2 is 1.70 bits per heavy atom. The van der Waals surface area contributed by atoms with Crippen LogP contribution < -0.4 is 19.5 Å². The lowest BCUT2D eigenvalue weighted by molar-refractivity contribution is -0.146. The Morgan fingerprint density at radius 1 is 1.03 bits per heavy atom. The van der Waals surface area contributed by atoms with Crippen LogP contribution in [0, 0.1) is 0 Å². The molecule has 0 heterocycles. The molecular formula is C23H26N2O7S. The van der Waals surface area contributed by atoms with Gasteiger partial charge in [-0.25, -0.2) is 8.42 Å². The molecule has 1 amide bonds. The fourth-order valence-electron chi connectivity index (χ4n) is 3.18. The maximum Gasteiger partial charge on any atom is 0.303 e. The highest BCUT2D eigenvalue weighted by Crippen LogP contribution is 2.25. The molecular weight excluding hydrogens is 448 g/mol. The number of nitrogens with one attached hydrogen (secondary N) is 2. The highest BCUT2D eigenvalue weighted by molar-refractivity contribution is 7.92. The number of esters is 1. The third-order valence-corrected chi connectivity index (χ3v) is 6.25. The van der Waals surface area contributed by atoms with Gasteiger partial charge in [-0.1, -0.05) is 6.08 Å². The van der Waals surface area contributed by atoms with E-state index in [1.165, 1.54) is 26.2 Å². The maximum atomic E-state index is 12.5. The van der Waals surface area contributed by atoms with Crippen LogP contribution in [0.4, 0.5) is 5.69 Å². The van der Waals surface area contributed by atoms with Crippen LogP contribution in [-0.2, 0) is 24.3 Å². The summed E-state index contributed by atoms with van der Waals surface area (Å²) in [5, 5.41) is 2.72. The molecule has 1 unspecified atom stereocenters. The molecule has 0 spiro atoms. The Hall–Kier alpha value is -3.53. The number of amides is 1. The van der Waals surface area contributed by atoms with Crippen molar-refractivity contribution in [1.82, 2.24) is 5.32 Å². The molecule has 0 aromatic heterocycles. The summed E-state index contributed by atoms with van der Waals surface area (Å²) in [6, 6.07) is 12.8. The number of sulfonamides is 1. The van der Waals surface area contributed by atoms with Crippen LogP contribution in [0.25, 0.3) is 0 Å². The molecule has 0 radical (unpaired) electrons. The van der Waals surface area contributed by atoms with Gasteiger partial charge in [0.15, 0.2) is 6.61 Å². The topological polar surface area (TPSA) is 120 Å². The summed E-state index contributed by atoms with van der Waals surface area (Å²) in [5.41, 5.74) is 1.19. The number of rotatable bonds is 9. The molecule has 2 aromatic rings. The summed E-state index contributed by atoms with van der Waals surface area (Å²) < 4.78 is 43.3. The lowest BCUT2D eigenvalue weighted by Gasteiger charge is -2.23. The van der Waals surface area contributed by atoms with Crippen LogP contribution in [0.2, 0.25) is 0 Å². The first kappa shape index (κ1) is 24.1. The summed E-state index contributed by atoms with van der Waals surface area (Å²) in [4.78, 5) is 22.6. The van der Waals surface area contributed by atoms with Crippen molar-refractivity contribution < 1.29 is 32.2 Å². The van der Waals surface area contributed by atoms with Crippen molar-refractivity contribution in [2.75, 3.05) is 18.4 Å². The Bertz CT molecular complexity index is 1110. The molecule has 0 fully saturated rings. The molecule has 3 rings (SSSR count). The first-order chi connectivity index (χ1) is 15.7. The lowest BCUT2D eigenvalue weighted by atomic mass is 10.0. The quantitative estimate of drug-likeness (QED) is 0.536. The van der Waals surface area contributed by atoms with E-state index in [0.29, 0.717) is 36.4 Å². The second kappa shape index (κ2) is 10.9. The normalized spacial score (nSPS) is 15.7. The molecule has 10 heteroatoms. The van der Waals surface area contributed by atoms with E-state index in [2.05, 4.69) is 14.8 Å².